The van der Waals surface area contributed by atoms with Crippen LogP contribution in [-0.4, -0.2) is 20.8 Å². The van der Waals surface area contributed by atoms with Gasteiger partial charge in [-0.15, -0.1) is 0 Å². The summed E-state index contributed by atoms with van der Waals surface area (Å²) >= 11 is 18.9. The number of furan rings is 1. The molecule has 9 nitrogen and oxygen atoms in total. The third-order valence-electron chi connectivity index (χ3n) is 6.39. The summed E-state index contributed by atoms with van der Waals surface area (Å²) in [4.78, 5) is 29.8. The van der Waals surface area contributed by atoms with E-state index >= 15 is 0 Å². The predicted octanol–water partition coefficient (Wildman–Crippen LogP) is 9.01. The smallest absolute Gasteiger partial charge is 0.312 e. The lowest BCUT2D eigenvalue weighted by molar-refractivity contribution is -0.386. The van der Waals surface area contributed by atoms with Crippen LogP contribution >= 0.6 is 55.1 Å². The summed E-state index contributed by atoms with van der Waals surface area (Å²) in [6.07, 6.45) is 1.31. The molecule has 0 atom stereocenters. The van der Waals surface area contributed by atoms with Crippen molar-refractivity contribution in [2.24, 2.45) is 5.10 Å². The minimum atomic E-state index is -0.562. The molecule has 0 aliphatic rings. The van der Waals surface area contributed by atoms with Crippen LogP contribution in [0.2, 0.25) is 10.0 Å². The average molecular weight is 743 g/mol. The lowest BCUT2D eigenvalue weighted by atomic mass is 10.2. The molecule has 214 valence electrons. The van der Waals surface area contributed by atoms with Crippen LogP contribution in [-0.2, 0) is 6.61 Å². The van der Waals surface area contributed by atoms with Gasteiger partial charge in [-0.1, -0.05) is 73.3 Å². The van der Waals surface area contributed by atoms with Gasteiger partial charge in [-0.05, 0) is 60.2 Å². The lowest BCUT2D eigenvalue weighted by Crippen LogP contribution is -2.20. The van der Waals surface area contributed by atoms with Gasteiger partial charge in [0.1, 0.15) is 12.2 Å². The number of benzene rings is 4. The lowest BCUT2D eigenvalue weighted by Gasteiger charge is -2.12. The SMILES string of the molecule is O=c1c2ccccc2nc(-c2cc3cc(Br)ccc3o2)n1N=Cc1cc(Br)cc([N+](=O)[O-])c1OCc1ccc(Cl)c(Cl)c1. The Bertz CT molecular complexity index is 2160. The van der Waals surface area contributed by atoms with Crippen LogP contribution in [0, 0.1) is 10.1 Å². The van der Waals surface area contributed by atoms with Gasteiger partial charge in [0.2, 0.25) is 11.6 Å². The Kier molecular flexibility index (Phi) is 8.06. The van der Waals surface area contributed by atoms with Crippen molar-refractivity contribution in [3.05, 3.63) is 129 Å². The maximum absolute atomic E-state index is 13.7. The van der Waals surface area contributed by atoms with Crippen LogP contribution in [0.25, 0.3) is 33.5 Å². The van der Waals surface area contributed by atoms with Crippen molar-refractivity contribution in [3.8, 4) is 17.3 Å². The minimum Gasteiger partial charge on any atom is -0.481 e. The van der Waals surface area contributed by atoms with E-state index in [-0.39, 0.29) is 29.4 Å². The Morgan fingerprint density at radius 1 is 1.00 bits per heavy atom. The molecule has 13 heteroatoms. The van der Waals surface area contributed by atoms with E-state index in [4.69, 9.17) is 32.4 Å². The van der Waals surface area contributed by atoms with Gasteiger partial charge in [0, 0.05) is 26.0 Å². The molecule has 0 N–H and O–H groups in total. The zero-order chi connectivity index (χ0) is 30.2. The number of nitro benzene ring substituents is 1. The Hall–Kier alpha value is -4.03. The summed E-state index contributed by atoms with van der Waals surface area (Å²) in [5, 5.41) is 18.3. The van der Waals surface area contributed by atoms with E-state index in [9.17, 15) is 14.9 Å². The van der Waals surface area contributed by atoms with E-state index in [0.717, 1.165) is 14.5 Å². The Morgan fingerprint density at radius 2 is 1.81 bits per heavy atom. The fraction of sp³-hybridized carbons (Fsp3) is 0.0333. The largest absolute Gasteiger partial charge is 0.481 e. The maximum Gasteiger partial charge on any atom is 0.312 e. The molecule has 0 spiro atoms. The highest BCUT2D eigenvalue weighted by Gasteiger charge is 2.22. The van der Waals surface area contributed by atoms with Crippen molar-refractivity contribution >= 4 is 88.8 Å². The molecule has 6 rings (SSSR count). The second-order valence-corrected chi connectivity index (χ2v) is 11.9. The van der Waals surface area contributed by atoms with Gasteiger partial charge in [-0.2, -0.15) is 9.78 Å². The molecule has 2 heterocycles. The highest BCUT2D eigenvalue weighted by Crippen LogP contribution is 2.35. The normalized spacial score (nSPS) is 11.5. The number of para-hydroxylation sites is 1. The summed E-state index contributed by atoms with van der Waals surface area (Å²) < 4.78 is 14.4. The number of halogens is 4. The topological polar surface area (TPSA) is 113 Å². The summed E-state index contributed by atoms with van der Waals surface area (Å²) in [5.74, 6) is 0.402. The number of aromatic nitrogens is 2. The van der Waals surface area contributed by atoms with Crippen LogP contribution in [0.5, 0.6) is 5.75 Å². The van der Waals surface area contributed by atoms with Crippen LogP contribution in [0.1, 0.15) is 11.1 Å². The van der Waals surface area contributed by atoms with Crippen molar-refractivity contribution in [2.75, 3.05) is 0 Å². The van der Waals surface area contributed by atoms with Gasteiger partial charge < -0.3 is 9.15 Å². The first-order valence-corrected chi connectivity index (χ1v) is 14.8. The number of hydrogen-bond donors (Lipinski definition) is 0. The number of ether oxygens (including phenoxy) is 1. The molecule has 4 aromatic carbocycles. The van der Waals surface area contributed by atoms with Gasteiger partial charge >= 0.3 is 5.69 Å². The van der Waals surface area contributed by atoms with E-state index in [1.807, 2.05) is 12.1 Å². The molecule has 0 amide bonds. The molecule has 43 heavy (non-hydrogen) atoms. The third-order valence-corrected chi connectivity index (χ3v) is 8.08. The quantitative estimate of drug-likeness (QED) is 0.0917. The van der Waals surface area contributed by atoms with Crippen LogP contribution < -0.4 is 10.3 Å². The maximum atomic E-state index is 13.7. The Labute approximate surface area is 269 Å². The minimum absolute atomic E-state index is 0.0442. The fourth-order valence-electron chi connectivity index (χ4n) is 4.41. The molecular weight excluding hydrogens is 727 g/mol. The first-order chi connectivity index (χ1) is 20.7. The van der Waals surface area contributed by atoms with Crippen molar-refractivity contribution < 1.29 is 14.1 Å². The summed E-state index contributed by atoms with van der Waals surface area (Å²) in [5.41, 5.74) is 1.17. The van der Waals surface area contributed by atoms with Crippen molar-refractivity contribution in [3.63, 3.8) is 0 Å². The van der Waals surface area contributed by atoms with Crippen LogP contribution in [0.15, 0.2) is 102 Å². The highest BCUT2D eigenvalue weighted by molar-refractivity contribution is 9.10. The van der Waals surface area contributed by atoms with Gasteiger partial charge in [0.05, 0.1) is 32.1 Å². The van der Waals surface area contributed by atoms with Gasteiger partial charge in [-0.3, -0.25) is 14.9 Å². The number of fused-ring (bicyclic) bond motifs is 2. The molecule has 6 aromatic rings. The highest BCUT2D eigenvalue weighted by atomic mass is 79.9. The van der Waals surface area contributed by atoms with E-state index in [0.29, 0.717) is 42.3 Å². The van der Waals surface area contributed by atoms with Crippen molar-refractivity contribution in [2.45, 2.75) is 6.61 Å². The van der Waals surface area contributed by atoms with Crippen molar-refractivity contribution in [1.82, 2.24) is 9.66 Å². The number of rotatable bonds is 7. The molecule has 0 saturated heterocycles. The summed E-state index contributed by atoms with van der Waals surface area (Å²) in [6, 6.07) is 22.0. The molecular formula is C30H16Br2Cl2N4O5. The first-order valence-electron chi connectivity index (χ1n) is 12.5. The van der Waals surface area contributed by atoms with Crippen LogP contribution in [0.4, 0.5) is 5.69 Å². The fourth-order valence-corrected chi connectivity index (χ4v) is 5.57. The zero-order valence-corrected chi connectivity index (χ0v) is 26.3. The molecule has 2 aromatic heterocycles. The molecule has 0 aliphatic heterocycles. The van der Waals surface area contributed by atoms with Gasteiger partial charge in [0.25, 0.3) is 5.56 Å². The van der Waals surface area contributed by atoms with Gasteiger partial charge in [0.15, 0.2) is 5.76 Å². The van der Waals surface area contributed by atoms with E-state index in [1.54, 1.807) is 60.7 Å². The Morgan fingerprint density at radius 3 is 2.60 bits per heavy atom. The molecule has 0 saturated carbocycles. The first kappa shape index (κ1) is 29.1. The molecule has 0 unspecified atom stereocenters. The second kappa shape index (κ2) is 11.9. The zero-order valence-electron chi connectivity index (χ0n) is 21.6. The number of nitrogens with zero attached hydrogens (tertiary/aromatic N) is 4. The van der Waals surface area contributed by atoms with Gasteiger partial charge in [-0.25, -0.2) is 4.98 Å². The van der Waals surface area contributed by atoms with E-state index in [2.05, 4.69) is 41.9 Å². The molecule has 0 aliphatic carbocycles. The molecule has 0 fully saturated rings. The number of hydrogen-bond acceptors (Lipinski definition) is 7. The van der Waals surface area contributed by atoms with E-state index in [1.165, 1.54) is 12.3 Å². The average Bonchev–Trinajstić information content (AvgIpc) is 3.40. The van der Waals surface area contributed by atoms with E-state index < -0.39 is 10.5 Å². The van der Waals surface area contributed by atoms with Crippen molar-refractivity contribution in [1.29, 1.82) is 0 Å². The monoisotopic (exact) mass is 740 g/mol. The molecule has 0 radical (unpaired) electrons. The predicted molar refractivity (Wildman–Crippen MR) is 173 cm³/mol. The summed E-state index contributed by atoms with van der Waals surface area (Å²) in [6.45, 7) is -0.0442. The third kappa shape index (κ3) is 5.94. The second-order valence-electron chi connectivity index (χ2n) is 9.24. The van der Waals surface area contributed by atoms with Crippen LogP contribution in [0.3, 0.4) is 0 Å². The molecule has 0 bridgehead atoms. The summed E-state index contributed by atoms with van der Waals surface area (Å²) in [7, 11) is 0. The number of nitro groups is 1. The Balaban J connectivity index is 1.49. The standard InChI is InChI=1S/C30H16Br2Cl2N4O5/c31-19-6-8-26-17(10-19)12-27(43-26)29-36-24-4-2-1-3-21(24)30(39)37(29)35-14-18-11-20(32)13-25(38(40)41)28(18)42-15-16-5-7-22(33)23(34)9-16/h1-14H,15H2.